The molecule has 3 aromatic rings. The minimum atomic E-state index is -1.10. The topological polar surface area (TPSA) is 110 Å². The molecule has 0 fully saturated rings. The van der Waals surface area contributed by atoms with Crippen LogP contribution in [0, 0.1) is 20.8 Å². The van der Waals surface area contributed by atoms with Crippen molar-refractivity contribution in [3.8, 4) is 0 Å². The zero-order valence-electron chi connectivity index (χ0n) is 16.3. The van der Waals surface area contributed by atoms with E-state index in [4.69, 9.17) is 8.83 Å². The summed E-state index contributed by atoms with van der Waals surface area (Å²) < 4.78 is 11.2. The molecule has 2 heterocycles. The van der Waals surface area contributed by atoms with Crippen LogP contribution in [0.25, 0.3) is 21.9 Å². The van der Waals surface area contributed by atoms with Gasteiger partial charge in [0.25, 0.3) is 0 Å². The first-order valence-corrected chi connectivity index (χ1v) is 9.20. The minimum Gasteiger partial charge on any atom is -0.480 e. The van der Waals surface area contributed by atoms with E-state index in [1.807, 2.05) is 20.8 Å². The summed E-state index contributed by atoms with van der Waals surface area (Å²) in [4.78, 5) is 36.1. The van der Waals surface area contributed by atoms with Crippen molar-refractivity contribution < 1.29 is 23.5 Å². The molecular weight excluding hydrogens is 362 g/mol. The van der Waals surface area contributed by atoms with Gasteiger partial charge in [0.1, 0.15) is 17.2 Å². The average Bonchev–Trinajstić information content (AvgIpc) is 3.00. The first-order valence-electron chi connectivity index (χ1n) is 9.20. The third-order valence-corrected chi connectivity index (χ3v) is 5.02. The number of carboxylic acid groups (broad SMARTS) is 1. The summed E-state index contributed by atoms with van der Waals surface area (Å²) in [7, 11) is 0. The predicted molar refractivity (Wildman–Crippen MR) is 105 cm³/mol. The van der Waals surface area contributed by atoms with E-state index in [2.05, 4.69) is 5.32 Å². The van der Waals surface area contributed by atoms with Crippen LogP contribution in [0.1, 0.15) is 42.0 Å². The Hall–Kier alpha value is -3.09. The molecule has 148 valence electrons. The number of carbonyl (C=O) groups is 2. The Bertz CT molecular complexity index is 1140. The van der Waals surface area contributed by atoms with Gasteiger partial charge < -0.3 is 19.3 Å². The Balaban J connectivity index is 2.06. The molecule has 0 radical (unpaired) electrons. The summed E-state index contributed by atoms with van der Waals surface area (Å²) in [6, 6.07) is 0.813. The summed E-state index contributed by atoms with van der Waals surface area (Å²) in [5, 5.41) is 13.3. The van der Waals surface area contributed by atoms with Crippen molar-refractivity contribution in [2.24, 2.45) is 0 Å². The molecule has 28 heavy (non-hydrogen) atoms. The van der Waals surface area contributed by atoms with Crippen molar-refractivity contribution in [1.29, 1.82) is 0 Å². The molecule has 0 aliphatic carbocycles. The Labute approximate surface area is 161 Å². The van der Waals surface area contributed by atoms with E-state index in [1.165, 1.54) is 0 Å². The van der Waals surface area contributed by atoms with Gasteiger partial charge in [0.2, 0.25) is 5.91 Å². The lowest BCUT2D eigenvalue weighted by Crippen LogP contribution is -2.41. The quantitative estimate of drug-likeness (QED) is 0.630. The first-order chi connectivity index (χ1) is 13.2. The number of aliphatic carboxylic acids is 1. The molecule has 1 amide bonds. The Kier molecular flexibility index (Phi) is 5.27. The Morgan fingerprint density at radius 1 is 1.18 bits per heavy atom. The minimum absolute atomic E-state index is 0.199. The third-order valence-electron chi connectivity index (χ3n) is 5.02. The summed E-state index contributed by atoms with van der Waals surface area (Å²) in [6.45, 7) is 7.44. The Morgan fingerprint density at radius 2 is 1.89 bits per heavy atom. The normalized spacial score (nSPS) is 12.4. The van der Waals surface area contributed by atoms with Gasteiger partial charge in [-0.3, -0.25) is 4.79 Å². The molecule has 3 rings (SSSR count). The fourth-order valence-corrected chi connectivity index (χ4v) is 3.63. The van der Waals surface area contributed by atoms with E-state index in [9.17, 15) is 19.5 Å². The standard InChI is InChI=1S/C21H23NO6/c1-5-6-14(20(24)25)22-16(23)8-13-12(4)18-15(28-21(13)26)7-10(2)17-11(3)9-27-19(17)18/h7,9,14H,5-6,8H2,1-4H3,(H,22,23)(H,24,25)/t14-/m1/s1. The summed E-state index contributed by atoms with van der Waals surface area (Å²) in [6.07, 6.45) is 2.32. The summed E-state index contributed by atoms with van der Waals surface area (Å²) in [5.41, 5.74) is 3.12. The molecule has 7 nitrogen and oxygen atoms in total. The van der Waals surface area contributed by atoms with E-state index in [1.54, 1.807) is 19.3 Å². The number of fused-ring (bicyclic) bond motifs is 3. The maximum Gasteiger partial charge on any atom is 0.340 e. The van der Waals surface area contributed by atoms with Gasteiger partial charge in [-0.25, -0.2) is 9.59 Å². The number of carbonyl (C=O) groups excluding carboxylic acids is 1. The van der Waals surface area contributed by atoms with Crippen LogP contribution in [-0.4, -0.2) is 23.0 Å². The number of amides is 1. The van der Waals surface area contributed by atoms with Crippen LogP contribution >= 0.6 is 0 Å². The number of aryl methyl sites for hydroxylation is 3. The summed E-state index contributed by atoms with van der Waals surface area (Å²) in [5.74, 6) is -1.63. The van der Waals surface area contributed by atoms with Crippen molar-refractivity contribution in [2.45, 2.75) is 53.0 Å². The van der Waals surface area contributed by atoms with Crippen molar-refractivity contribution >= 4 is 33.8 Å². The smallest absolute Gasteiger partial charge is 0.340 e. The highest BCUT2D eigenvalue weighted by Crippen LogP contribution is 2.34. The largest absolute Gasteiger partial charge is 0.480 e. The van der Waals surface area contributed by atoms with Gasteiger partial charge in [-0.15, -0.1) is 0 Å². The van der Waals surface area contributed by atoms with E-state index in [0.29, 0.717) is 35.0 Å². The summed E-state index contributed by atoms with van der Waals surface area (Å²) >= 11 is 0. The molecule has 0 aliphatic heterocycles. The Morgan fingerprint density at radius 3 is 2.54 bits per heavy atom. The monoisotopic (exact) mass is 385 g/mol. The van der Waals surface area contributed by atoms with Crippen LogP contribution in [0.2, 0.25) is 0 Å². The lowest BCUT2D eigenvalue weighted by molar-refractivity contribution is -0.141. The van der Waals surface area contributed by atoms with Crippen molar-refractivity contribution in [1.82, 2.24) is 5.32 Å². The van der Waals surface area contributed by atoms with Crippen molar-refractivity contribution in [3.05, 3.63) is 45.0 Å². The molecule has 2 N–H and O–H groups in total. The highest BCUT2D eigenvalue weighted by Gasteiger charge is 2.23. The number of carboxylic acids is 1. The number of rotatable bonds is 6. The van der Waals surface area contributed by atoms with Crippen LogP contribution in [-0.2, 0) is 16.0 Å². The van der Waals surface area contributed by atoms with Crippen LogP contribution in [0.5, 0.6) is 0 Å². The number of furan rings is 1. The maximum absolute atomic E-state index is 12.5. The van der Waals surface area contributed by atoms with Crippen LogP contribution in [0.15, 0.2) is 26.0 Å². The van der Waals surface area contributed by atoms with E-state index in [-0.39, 0.29) is 12.0 Å². The van der Waals surface area contributed by atoms with E-state index < -0.39 is 23.5 Å². The van der Waals surface area contributed by atoms with Crippen molar-refractivity contribution in [3.63, 3.8) is 0 Å². The molecule has 0 spiro atoms. The predicted octanol–water partition coefficient (Wildman–Crippen LogP) is 3.38. The highest BCUT2D eigenvalue weighted by molar-refractivity contribution is 6.07. The number of benzene rings is 1. The molecule has 0 aliphatic rings. The SMILES string of the molecule is CCC[C@@H](NC(=O)Cc1c(C)c2c(cc(C)c3c(C)coc32)oc1=O)C(=O)O. The molecule has 0 unspecified atom stereocenters. The molecule has 0 bridgehead atoms. The van der Waals surface area contributed by atoms with Crippen LogP contribution < -0.4 is 10.9 Å². The number of hydrogen-bond donors (Lipinski definition) is 2. The van der Waals surface area contributed by atoms with Gasteiger partial charge in [-0.1, -0.05) is 13.3 Å². The van der Waals surface area contributed by atoms with Crippen LogP contribution in [0.4, 0.5) is 0 Å². The first kappa shape index (κ1) is 19.7. The van der Waals surface area contributed by atoms with Gasteiger partial charge in [0.05, 0.1) is 23.6 Å². The van der Waals surface area contributed by atoms with Gasteiger partial charge >= 0.3 is 11.6 Å². The lowest BCUT2D eigenvalue weighted by atomic mass is 9.98. The molecule has 0 saturated carbocycles. The second-order valence-electron chi connectivity index (χ2n) is 7.11. The molecule has 1 atom stereocenters. The molecule has 1 aromatic carbocycles. The van der Waals surface area contributed by atoms with Gasteiger partial charge in [-0.2, -0.15) is 0 Å². The zero-order chi connectivity index (χ0) is 20.6. The molecule has 0 saturated heterocycles. The highest BCUT2D eigenvalue weighted by atomic mass is 16.4. The third kappa shape index (κ3) is 3.40. The molecule has 2 aromatic heterocycles. The van der Waals surface area contributed by atoms with Crippen molar-refractivity contribution in [2.75, 3.05) is 0 Å². The van der Waals surface area contributed by atoms with E-state index in [0.717, 1.165) is 16.5 Å². The zero-order valence-corrected chi connectivity index (χ0v) is 16.3. The average molecular weight is 385 g/mol. The maximum atomic E-state index is 12.5. The van der Waals surface area contributed by atoms with Gasteiger partial charge in [-0.05, 0) is 49.9 Å². The molecule has 7 heteroatoms. The number of nitrogens with one attached hydrogen (secondary N) is 1. The molecular formula is C21H23NO6. The second kappa shape index (κ2) is 7.50. The van der Waals surface area contributed by atoms with Gasteiger partial charge in [0.15, 0.2) is 0 Å². The van der Waals surface area contributed by atoms with Gasteiger partial charge in [0, 0.05) is 5.39 Å². The van der Waals surface area contributed by atoms with Crippen LogP contribution in [0.3, 0.4) is 0 Å². The number of hydrogen-bond acceptors (Lipinski definition) is 5. The fraction of sp³-hybridized carbons (Fsp3) is 0.381. The fourth-order valence-electron chi connectivity index (χ4n) is 3.63. The van der Waals surface area contributed by atoms with E-state index >= 15 is 0 Å². The lowest BCUT2D eigenvalue weighted by Gasteiger charge is -2.14. The second-order valence-corrected chi connectivity index (χ2v) is 7.11.